The number of nitrogens with zero attached hydrogens (tertiary/aromatic N) is 2. The Kier molecular flexibility index (Phi) is 5.79. The first-order chi connectivity index (χ1) is 12.5. The third-order valence-corrected chi connectivity index (χ3v) is 6.74. The van der Waals surface area contributed by atoms with Gasteiger partial charge in [0.25, 0.3) is 10.0 Å². The number of hydrogen-bond acceptors (Lipinski definition) is 5. The second-order valence-corrected chi connectivity index (χ2v) is 8.90. The van der Waals surface area contributed by atoms with Gasteiger partial charge in [-0.05, 0) is 51.3 Å². The number of benzene rings is 1. The van der Waals surface area contributed by atoms with E-state index in [4.69, 9.17) is 0 Å². The van der Waals surface area contributed by atoms with Crippen molar-refractivity contribution < 1.29 is 13.2 Å². The van der Waals surface area contributed by atoms with Gasteiger partial charge in [-0.3, -0.25) is 4.79 Å². The molecule has 3 atom stereocenters. The zero-order valence-electron chi connectivity index (χ0n) is 15.2. The highest BCUT2D eigenvalue weighted by Crippen LogP contribution is 2.31. The Labute approximate surface area is 166 Å². The van der Waals surface area contributed by atoms with Crippen molar-refractivity contribution in [3.8, 4) is 0 Å². The number of halogens is 1. The quantitative estimate of drug-likeness (QED) is 0.763. The summed E-state index contributed by atoms with van der Waals surface area (Å²) < 4.78 is 28.6. The van der Waals surface area contributed by atoms with Crippen LogP contribution in [0.1, 0.15) is 38.2 Å². The zero-order chi connectivity index (χ0) is 18.3. The molecule has 3 heterocycles. The van der Waals surface area contributed by atoms with E-state index in [-0.39, 0.29) is 35.3 Å². The van der Waals surface area contributed by atoms with Crippen LogP contribution in [-0.2, 0) is 14.8 Å². The molecule has 0 radical (unpaired) electrons. The Morgan fingerprint density at radius 3 is 2.85 bits per heavy atom. The minimum absolute atomic E-state index is 0. The normalized spacial score (nSPS) is 28.9. The second-order valence-electron chi connectivity index (χ2n) is 7.32. The maximum absolute atomic E-state index is 12.9. The molecule has 2 N–H and O–H groups in total. The van der Waals surface area contributed by atoms with E-state index < -0.39 is 10.0 Å². The van der Waals surface area contributed by atoms with Gasteiger partial charge >= 0.3 is 0 Å². The van der Waals surface area contributed by atoms with Gasteiger partial charge in [-0.15, -0.1) is 16.8 Å². The molecule has 3 aliphatic rings. The van der Waals surface area contributed by atoms with Crippen molar-refractivity contribution in [3.05, 3.63) is 29.8 Å². The number of fused-ring (bicyclic) bond motifs is 1. The molecule has 0 spiro atoms. The first-order valence-electron chi connectivity index (χ1n) is 9.20. The third-order valence-electron chi connectivity index (χ3n) is 5.41. The lowest BCUT2D eigenvalue weighted by Crippen LogP contribution is -2.52. The maximum Gasteiger partial charge on any atom is 0.285 e. The Morgan fingerprint density at radius 1 is 1.30 bits per heavy atom. The number of amidine groups is 1. The molecular weight excluding hydrogens is 388 g/mol. The molecule has 1 aromatic rings. The number of carbonyl (C=O) groups is 1. The summed E-state index contributed by atoms with van der Waals surface area (Å²) in [6.45, 7) is 3.66. The van der Waals surface area contributed by atoms with E-state index in [1.54, 1.807) is 24.3 Å². The number of piperidine rings is 1. The van der Waals surface area contributed by atoms with Crippen LogP contribution < -0.4 is 10.6 Å². The standard InChI is InChI=1S/C18H24N4O3S.ClH/c1-12-11-13(8-9-19-12)20-18(23)15-6-4-10-22(15)17-14-5-2-3-7-16(14)26(24,25)21-17;/h2-3,5,7,12-13,15,19H,4,6,8-11H2,1H3,(H,20,23);1H. The summed E-state index contributed by atoms with van der Waals surface area (Å²) in [5.41, 5.74) is 0.600. The van der Waals surface area contributed by atoms with Crippen LogP contribution in [0.3, 0.4) is 0 Å². The molecule has 0 bridgehead atoms. The van der Waals surface area contributed by atoms with E-state index in [1.807, 2.05) is 4.90 Å². The van der Waals surface area contributed by atoms with Gasteiger partial charge in [-0.1, -0.05) is 12.1 Å². The summed E-state index contributed by atoms with van der Waals surface area (Å²) in [4.78, 5) is 15.0. The van der Waals surface area contributed by atoms with Crippen molar-refractivity contribution >= 4 is 34.2 Å². The van der Waals surface area contributed by atoms with E-state index in [1.165, 1.54) is 0 Å². The lowest BCUT2D eigenvalue weighted by molar-refractivity contribution is -0.125. The van der Waals surface area contributed by atoms with Crippen molar-refractivity contribution in [1.29, 1.82) is 0 Å². The van der Waals surface area contributed by atoms with Crippen molar-refractivity contribution in [2.75, 3.05) is 13.1 Å². The zero-order valence-corrected chi connectivity index (χ0v) is 16.9. The molecular formula is C18H25ClN4O3S. The number of hydrogen-bond donors (Lipinski definition) is 2. The summed E-state index contributed by atoms with van der Waals surface area (Å²) in [7, 11) is -3.67. The van der Waals surface area contributed by atoms with Gasteiger partial charge in [0.05, 0.1) is 0 Å². The molecule has 27 heavy (non-hydrogen) atoms. The van der Waals surface area contributed by atoms with Crippen LogP contribution in [0.4, 0.5) is 0 Å². The van der Waals surface area contributed by atoms with Gasteiger partial charge < -0.3 is 15.5 Å². The van der Waals surface area contributed by atoms with Gasteiger partial charge in [-0.2, -0.15) is 8.42 Å². The van der Waals surface area contributed by atoms with Crippen molar-refractivity contribution in [1.82, 2.24) is 15.5 Å². The largest absolute Gasteiger partial charge is 0.351 e. The number of carbonyl (C=O) groups excluding carboxylic acids is 1. The molecule has 9 heteroatoms. The Morgan fingerprint density at radius 2 is 2.07 bits per heavy atom. The van der Waals surface area contributed by atoms with E-state index >= 15 is 0 Å². The van der Waals surface area contributed by atoms with Crippen LogP contribution in [-0.4, -0.2) is 56.3 Å². The van der Waals surface area contributed by atoms with Gasteiger partial charge in [0.15, 0.2) is 5.84 Å². The molecule has 0 aromatic heterocycles. The lowest BCUT2D eigenvalue weighted by atomic mass is 10.00. The lowest BCUT2D eigenvalue weighted by Gasteiger charge is -2.31. The van der Waals surface area contributed by atoms with Crippen LogP contribution in [0.5, 0.6) is 0 Å². The average molecular weight is 413 g/mol. The van der Waals surface area contributed by atoms with Crippen LogP contribution in [0.25, 0.3) is 0 Å². The number of rotatable bonds is 2. The first kappa shape index (κ1) is 20.1. The molecule has 3 unspecified atom stereocenters. The number of amides is 1. The van der Waals surface area contributed by atoms with Gasteiger partial charge in [0.2, 0.25) is 5.91 Å². The summed E-state index contributed by atoms with van der Waals surface area (Å²) in [5, 5.41) is 6.55. The molecule has 148 valence electrons. The van der Waals surface area contributed by atoms with Crippen molar-refractivity contribution in [3.63, 3.8) is 0 Å². The van der Waals surface area contributed by atoms with Crippen molar-refractivity contribution in [2.24, 2.45) is 4.40 Å². The Hall–Kier alpha value is -1.64. The summed E-state index contributed by atoms with van der Waals surface area (Å²) in [5.74, 6) is 0.392. The summed E-state index contributed by atoms with van der Waals surface area (Å²) >= 11 is 0. The summed E-state index contributed by atoms with van der Waals surface area (Å²) in [6, 6.07) is 7.04. The predicted octanol–water partition coefficient (Wildman–Crippen LogP) is 1.28. The molecule has 2 saturated heterocycles. The topological polar surface area (TPSA) is 90.9 Å². The van der Waals surface area contributed by atoms with E-state index in [9.17, 15) is 13.2 Å². The SMILES string of the molecule is CC1CC(NC(=O)C2CCCN2C2=NS(=O)(=O)c3ccccc32)CCN1.Cl. The molecule has 2 fully saturated rings. The van der Waals surface area contributed by atoms with Gasteiger partial charge in [-0.25, -0.2) is 0 Å². The first-order valence-corrected chi connectivity index (χ1v) is 10.6. The molecule has 4 rings (SSSR count). The fraction of sp³-hybridized carbons (Fsp3) is 0.556. The smallest absolute Gasteiger partial charge is 0.285 e. The molecule has 7 nitrogen and oxygen atoms in total. The van der Waals surface area contributed by atoms with Gasteiger partial charge in [0, 0.05) is 24.2 Å². The third kappa shape index (κ3) is 3.83. The number of sulfonamides is 1. The van der Waals surface area contributed by atoms with E-state index in [2.05, 4.69) is 22.0 Å². The fourth-order valence-corrected chi connectivity index (χ4v) is 5.37. The van der Waals surface area contributed by atoms with E-state index in [0.717, 1.165) is 25.8 Å². The van der Waals surface area contributed by atoms with Crippen LogP contribution >= 0.6 is 12.4 Å². The maximum atomic E-state index is 12.9. The average Bonchev–Trinajstić information content (AvgIpc) is 3.18. The number of likely N-dealkylation sites (tertiary alicyclic amines) is 1. The van der Waals surface area contributed by atoms with Gasteiger partial charge in [0.1, 0.15) is 10.9 Å². The number of nitrogens with one attached hydrogen (secondary N) is 2. The fourth-order valence-electron chi connectivity index (χ4n) is 4.15. The molecule has 3 aliphatic heterocycles. The van der Waals surface area contributed by atoms with Crippen LogP contribution in [0.2, 0.25) is 0 Å². The second kappa shape index (κ2) is 7.77. The molecule has 0 saturated carbocycles. The Bertz CT molecular complexity index is 858. The van der Waals surface area contributed by atoms with E-state index in [0.29, 0.717) is 30.4 Å². The van der Waals surface area contributed by atoms with Crippen LogP contribution in [0.15, 0.2) is 33.6 Å². The minimum Gasteiger partial charge on any atom is -0.351 e. The highest BCUT2D eigenvalue weighted by molar-refractivity contribution is 7.90. The van der Waals surface area contributed by atoms with Crippen molar-refractivity contribution in [2.45, 2.75) is 55.6 Å². The van der Waals surface area contributed by atoms with Crippen LogP contribution in [0, 0.1) is 0 Å². The minimum atomic E-state index is -3.67. The molecule has 1 amide bonds. The Balaban J connectivity index is 0.00000210. The highest BCUT2D eigenvalue weighted by Gasteiger charge is 2.39. The predicted molar refractivity (Wildman–Crippen MR) is 106 cm³/mol. The highest BCUT2D eigenvalue weighted by atomic mass is 35.5. The molecule has 0 aliphatic carbocycles. The monoisotopic (exact) mass is 412 g/mol. The summed E-state index contributed by atoms with van der Waals surface area (Å²) in [6.07, 6.45) is 3.40. The molecule has 1 aromatic carbocycles.